The van der Waals surface area contributed by atoms with Crippen LogP contribution in [0.25, 0.3) is 0 Å². The van der Waals surface area contributed by atoms with Crippen LogP contribution < -0.4 is 10.1 Å². The molecule has 0 saturated carbocycles. The molecule has 0 aliphatic rings. The highest BCUT2D eigenvalue weighted by molar-refractivity contribution is 7.99. The number of aliphatic carboxylic acids is 1. The summed E-state index contributed by atoms with van der Waals surface area (Å²) in [6, 6.07) is 5.28. The van der Waals surface area contributed by atoms with Gasteiger partial charge >= 0.3 is 5.97 Å². The molecular weight excluding hydrogens is 285 g/mol. The van der Waals surface area contributed by atoms with Crippen LogP contribution in [-0.4, -0.2) is 41.6 Å². The van der Waals surface area contributed by atoms with E-state index in [4.69, 9.17) is 9.84 Å². The summed E-state index contributed by atoms with van der Waals surface area (Å²) in [5.41, 5.74) is 0. The number of nitrogens with one attached hydrogen (secondary N) is 1. The maximum Gasteiger partial charge on any atom is 0.326 e. The third kappa shape index (κ3) is 5.92. The van der Waals surface area contributed by atoms with E-state index in [1.807, 2.05) is 0 Å². The van der Waals surface area contributed by atoms with Crippen molar-refractivity contribution in [3.8, 4) is 5.75 Å². The number of para-hydroxylation sites is 1. The Bertz CT molecular complexity index is 444. The summed E-state index contributed by atoms with van der Waals surface area (Å²) in [5.74, 6) is -0.0710. The number of hydrogen-bond acceptors (Lipinski definition) is 4. The number of halogens is 1. The zero-order valence-corrected chi connectivity index (χ0v) is 11.6. The molecule has 0 aliphatic carbocycles. The van der Waals surface area contributed by atoms with Crippen molar-refractivity contribution < 1.29 is 23.8 Å². The highest BCUT2D eigenvalue weighted by atomic mass is 32.2. The number of hydrogen-bond donors (Lipinski definition) is 2. The number of carbonyl (C=O) groups is 2. The fraction of sp³-hybridized carbons (Fsp3) is 0.385. The van der Waals surface area contributed by atoms with E-state index < -0.39 is 17.8 Å². The lowest BCUT2D eigenvalue weighted by Gasteiger charge is -2.10. The summed E-state index contributed by atoms with van der Waals surface area (Å²) in [4.78, 5) is 20.9. The molecule has 5 nitrogen and oxygen atoms in total. The van der Waals surface area contributed by atoms with Crippen molar-refractivity contribution >= 4 is 24.1 Å². The molecule has 7 heteroatoms. The SMILES string of the molecule is O=CNC(CCSCCOc1ccccc1F)C(=O)O. The highest BCUT2D eigenvalue weighted by Gasteiger charge is 2.15. The molecule has 1 amide bonds. The van der Waals surface area contributed by atoms with E-state index in [2.05, 4.69) is 5.32 Å². The molecule has 0 spiro atoms. The molecule has 0 bridgehead atoms. The molecule has 0 heterocycles. The van der Waals surface area contributed by atoms with E-state index in [1.54, 1.807) is 18.2 Å². The lowest BCUT2D eigenvalue weighted by atomic mass is 10.2. The molecule has 20 heavy (non-hydrogen) atoms. The highest BCUT2D eigenvalue weighted by Crippen LogP contribution is 2.15. The molecule has 2 N–H and O–H groups in total. The molecule has 0 fully saturated rings. The first-order chi connectivity index (χ1) is 9.65. The zero-order valence-electron chi connectivity index (χ0n) is 10.8. The molecule has 0 radical (unpaired) electrons. The molecule has 1 unspecified atom stereocenters. The molecule has 0 aliphatic heterocycles. The van der Waals surface area contributed by atoms with E-state index in [9.17, 15) is 14.0 Å². The standard InChI is InChI=1S/C13H16FNO4S/c14-10-3-1-2-4-12(10)19-6-8-20-7-5-11(13(17)18)15-9-16/h1-4,9,11H,5-8H2,(H,15,16)(H,17,18). The topological polar surface area (TPSA) is 75.6 Å². The second kappa shape index (κ2) is 9.19. The van der Waals surface area contributed by atoms with Gasteiger partial charge in [0.25, 0.3) is 0 Å². The molecule has 0 aromatic heterocycles. The van der Waals surface area contributed by atoms with E-state index >= 15 is 0 Å². The predicted octanol–water partition coefficient (Wildman–Crippen LogP) is 1.53. The van der Waals surface area contributed by atoms with Gasteiger partial charge in [-0.15, -0.1) is 0 Å². The summed E-state index contributed by atoms with van der Waals surface area (Å²) in [7, 11) is 0. The average Bonchev–Trinajstić information content (AvgIpc) is 2.43. The first-order valence-electron chi connectivity index (χ1n) is 6.02. The van der Waals surface area contributed by atoms with Crippen LogP contribution in [0.4, 0.5) is 4.39 Å². The molecule has 1 aromatic carbocycles. The van der Waals surface area contributed by atoms with Gasteiger partial charge in [-0.25, -0.2) is 9.18 Å². The number of carbonyl (C=O) groups excluding carboxylic acids is 1. The van der Waals surface area contributed by atoms with Crippen LogP contribution in [0.2, 0.25) is 0 Å². The Hall–Kier alpha value is -1.76. The van der Waals surface area contributed by atoms with Crippen LogP contribution in [-0.2, 0) is 9.59 Å². The molecule has 1 atom stereocenters. The average molecular weight is 301 g/mol. The van der Waals surface area contributed by atoms with E-state index in [0.717, 1.165) is 0 Å². The lowest BCUT2D eigenvalue weighted by molar-refractivity contribution is -0.140. The number of carboxylic acid groups (broad SMARTS) is 1. The number of amides is 1. The molecule has 1 rings (SSSR count). The first kappa shape index (κ1) is 16.3. The second-order valence-corrected chi connectivity index (χ2v) is 5.08. The van der Waals surface area contributed by atoms with E-state index in [1.165, 1.54) is 17.8 Å². The number of benzene rings is 1. The Morgan fingerprint density at radius 3 is 2.85 bits per heavy atom. The van der Waals surface area contributed by atoms with Crippen LogP contribution in [0, 0.1) is 5.82 Å². The number of rotatable bonds is 10. The predicted molar refractivity (Wildman–Crippen MR) is 74.5 cm³/mol. The van der Waals surface area contributed by atoms with Crippen molar-refractivity contribution in [1.82, 2.24) is 5.32 Å². The fourth-order valence-corrected chi connectivity index (χ4v) is 2.24. The van der Waals surface area contributed by atoms with Gasteiger partial charge in [-0.1, -0.05) is 12.1 Å². The minimum atomic E-state index is -1.06. The summed E-state index contributed by atoms with van der Waals surface area (Å²) < 4.78 is 18.5. The minimum absolute atomic E-state index is 0.208. The molecule has 110 valence electrons. The van der Waals surface area contributed by atoms with Crippen molar-refractivity contribution in [3.05, 3.63) is 30.1 Å². The van der Waals surface area contributed by atoms with Gasteiger partial charge in [0, 0.05) is 5.75 Å². The van der Waals surface area contributed by atoms with Gasteiger partial charge in [0.1, 0.15) is 6.04 Å². The van der Waals surface area contributed by atoms with Gasteiger partial charge in [-0.2, -0.15) is 11.8 Å². The fourth-order valence-electron chi connectivity index (χ4n) is 1.44. The maximum atomic E-state index is 13.2. The smallest absolute Gasteiger partial charge is 0.326 e. The van der Waals surface area contributed by atoms with Crippen LogP contribution in [0.3, 0.4) is 0 Å². The monoisotopic (exact) mass is 301 g/mol. The summed E-state index contributed by atoms with van der Waals surface area (Å²) >= 11 is 1.48. The third-order valence-corrected chi connectivity index (χ3v) is 3.42. The molecule has 0 saturated heterocycles. The number of thioether (sulfide) groups is 1. The van der Waals surface area contributed by atoms with E-state index in [-0.39, 0.29) is 5.75 Å². The van der Waals surface area contributed by atoms with Gasteiger partial charge in [0.2, 0.25) is 6.41 Å². The van der Waals surface area contributed by atoms with E-state index in [0.29, 0.717) is 30.9 Å². The largest absolute Gasteiger partial charge is 0.490 e. The Labute approximate surface area is 120 Å². The quantitative estimate of drug-likeness (QED) is 0.506. The Kier molecular flexibility index (Phi) is 7.49. The first-order valence-corrected chi connectivity index (χ1v) is 7.18. The van der Waals surface area contributed by atoms with Gasteiger partial charge < -0.3 is 15.2 Å². The maximum absolute atomic E-state index is 13.2. The normalized spacial score (nSPS) is 11.7. The van der Waals surface area contributed by atoms with Crippen LogP contribution in [0.15, 0.2) is 24.3 Å². The number of carboxylic acids is 1. The minimum Gasteiger partial charge on any atom is -0.490 e. The van der Waals surface area contributed by atoms with Crippen LogP contribution in [0.5, 0.6) is 5.75 Å². The van der Waals surface area contributed by atoms with Crippen molar-refractivity contribution in [2.75, 3.05) is 18.1 Å². The van der Waals surface area contributed by atoms with Crippen LogP contribution in [0.1, 0.15) is 6.42 Å². The van der Waals surface area contributed by atoms with Gasteiger partial charge in [0.15, 0.2) is 11.6 Å². The van der Waals surface area contributed by atoms with Crippen molar-refractivity contribution in [1.29, 1.82) is 0 Å². The third-order valence-electron chi connectivity index (χ3n) is 2.44. The van der Waals surface area contributed by atoms with Crippen molar-refractivity contribution in [2.24, 2.45) is 0 Å². The van der Waals surface area contributed by atoms with Gasteiger partial charge in [-0.3, -0.25) is 4.79 Å². The van der Waals surface area contributed by atoms with Crippen LogP contribution >= 0.6 is 11.8 Å². The van der Waals surface area contributed by atoms with Crippen molar-refractivity contribution in [3.63, 3.8) is 0 Å². The Morgan fingerprint density at radius 2 is 2.20 bits per heavy atom. The zero-order chi connectivity index (χ0) is 14.8. The van der Waals surface area contributed by atoms with Crippen molar-refractivity contribution in [2.45, 2.75) is 12.5 Å². The summed E-state index contributed by atoms with van der Waals surface area (Å²) in [6.45, 7) is 0.338. The molecular formula is C13H16FNO4S. The Morgan fingerprint density at radius 1 is 1.45 bits per heavy atom. The lowest BCUT2D eigenvalue weighted by Crippen LogP contribution is -2.36. The second-order valence-electron chi connectivity index (χ2n) is 3.86. The van der Waals surface area contributed by atoms with Gasteiger partial charge in [0.05, 0.1) is 6.61 Å². The number of ether oxygens (including phenoxy) is 1. The van der Waals surface area contributed by atoms with Gasteiger partial charge in [-0.05, 0) is 24.3 Å². The summed E-state index contributed by atoms with van der Waals surface area (Å²) in [6.07, 6.45) is 0.711. The summed E-state index contributed by atoms with van der Waals surface area (Å²) in [5, 5.41) is 11.0. The Balaban J connectivity index is 2.14. The molecule has 1 aromatic rings.